The number of carbonyl (C=O) groups is 3. The molecule has 2 N–H and O–H groups in total. The first kappa shape index (κ1) is 21.7. The molecule has 1 aliphatic rings. The molecule has 3 rings (SSSR count). The Hall–Kier alpha value is -3.01. The zero-order chi connectivity index (χ0) is 21.5. The second-order valence-electron chi connectivity index (χ2n) is 6.63. The van der Waals surface area contributed by atoms with E-state index in [9.17, 15) is 23.2 Å². The van der Waals surface area contributed by atoms with Crippen LogP contribution < -0.4 is 10.6 Å². The number of nitrogens with one attached hydrogen (secondary N) is 2. The van der Waals surface area contributed by atoms with Gasteiger partial charge < -0.3 is 15.5 Å². The lowest BCUT2D eigenvalue weighted by Gasteiger charge is -2.14. The molecule has 0 saturated carbocycles. The highest BCUT2D eigenvalue weighted by Gasteiger charge is 2.19. The van der Waals surface area contributed by atoms with Crippen LogP contribution in [0.4, 0.5) is 14.5 Å². The third-order valence-corrected chi connectivity index (χ3v) is 5.32. The number of hydrogen-bond donors (Lipinski definition) is 2. The molecule has 2 aromatic rings. The quantitative estimate of drug-likeness (QED) is 0.654. The van der Waals surface area contributed by atoms with Gasteiger partial charge in [0.2, 0.25) is 11.8 Å². The minimum absolute atomic E-state index is 0.0326. The molecule has 0 unspecified atom stereocenters. The van der Waals surface area contributed by atoms with Crippen LogP contribution >= 0.6 is 11.8 Å². The molecule has 0 radical (unpaired) electrons. The molecule has 158 valence electrons. The van der Waals surface area contributed by atoms with E-state index in [2.05, 4.69) is 15.6 Å². The molecule has 0 bridgehead atoms. The zero-order valence-electron chi connectivity index (χ0n) is 16.0. The summed E-state index contributed by atoms with van der Waals surface area (Å²) < 4.78 is 26.0. The van der Waals surface area contributed by atoms with E-state index in [1.165, 1.54) is 24.0 Å². The normalized spacial score (nSPS) is 13.2. The molecule has 1 aromatic heterocycles. The summed E-state index contributed by atoms with van der Waals surface area (Å²) in [5.41, 5.74) is 0.606. The fourth-order valence-electron chi connectivity index (χ4n) is 2.84. The van der Waals surface area contributed by atoms with E-state index < -0.39 is 17.5 Å². The third kappa shape index (κ3) is 5.99. The van der Waals surface area contributed by atoms with Gasteiger partial charge >= 0.3 is 0 Å². The Morgan fingerprint density at radius 1 is 1.03 bits per heavy atom. The second-order valence-corrected chi connectivity index (χ2v) is 7.62. The van der Waals surface area contributed by atoms with Crippen molar-refractivity contribution in [1.82, 2.24) is 15.2 Å². The lowest BCUT2D eigenvalue weighted by molar-refractivity contribution is -0.122. The van der Waals surface area contributed by atoms with Gasteiger partial charge in [-0.2, -0.15) is 0 Å². The number of rotatable bonds is 7. The highest BCUT2D eigenvalue weighted by atomic mass is 32.2. The van der Waals surface area contributed by atoms with Crippen molar-refractivity contribution in [2.45, 2.75) is 17.9 Å². The number of likely N-dealkylation sites (tertiary alicyclic amines) is 1. The van der Waals surface area contributed by atoms with Gasteiger partial charge in [-0.3, -0.25) is 14.4 Å². The standard InChI is InChI=1S/C20H20F2N4O3S/c21-15-5-4-14(9-16(15)22)25-17(27)11-23-18(28)12-30-19-6-3-13(10-24-19)20(29)26-7-1-2-8-26/h3-6,9-10H,1-2,7-8,11-12H2,(H,23,28)(H,25,27). The highest BCUT2D eigenvalue weighted by Crippen LogP contribution is 2.17. The van der Waals surface area contributed by atoms with Gasteiger partial charge in [-0.1, -0.05) is 11.8 Å². The third-order valence-electron chi connectivity index (χ3n) is 4.38. The molecule has 1 aromatic carbocycles. The SMILES string of the molecule is O=C(CSc1ccc(C(=O)N2CCCC2)cn1)NCC(=O)Nc1ccc(F)c(F)c1. The maximum atomic E-state index is 13.1. The predicted octanol–water partition coefficient (Wildman–Crippen LogP) is 2.44. The van der Waals surface area contributed by atoms with Crippen molar-refractivity contribution in [3.8, 4) is 0 Å². The summed E-state index contributed by atoms with van der Waals surface area (Å²) in [7, 11) is 0. The number of pyridine rings is 1. The number of aromatic nitrogens is 1. The molecule has 2 heterocycles. The first-order chi connectivity index (χ1) is 14.4. The van der Waals surface area contributed by atoms with E-state index in [1.54, 1.807) is 17.0 Å². The molecule has 0 spiro atoms. The summed E-state index contributed by atoms with van der Waals surface area (Å²) >= 11 is 1.17. The van der Waals surface area contributed by atoms with Crippen molar-refractivity contribution in [2.24, 2.45) is 0 Å². The molecule has 7 nitrogen and oxygen atoms in total. The molecule has 0 aliphatic carbocycles. The Kier molecular flexibility index (Phi) is 7.34. The molecular weight excluding hydrogens is 414 g/mol. The van der Waals surface area contributed by atoms with E-state index in [0.29, 0.717) is 10.6 Å². The maximum absolute atomic E-state index is 13.1. The monoisotopic (exact) mass is 434 g/mol. The fourth-order valence-corrected chi connectivity index (χ4v) is 3.52. The Morgan fingerprint density at radius 2 is 1.80 bits per heavy atom. The number of halogens is 2. The van der Waals surface area contributed by atoms with Crippen molar-refractivity contribution in [3.63, 3.8) is 0 Å². The van der Waals surface area contributed by atoms with Crippen molar-refractivity contribution < 1.29 is 23.2 Å². The van der Waals surface area contributed by atoms with Gasteiger partial charge in [-0.25, -0.2) is 13.8 Å². The smallest absolute Gasteiger partial charge is 0.255 e. The summed E-state index contributed by atoms with van der Waals surface area (Å²) in [6.45, 7) is 1.22. The molecule has 30 heavy (non-hydrogen) atoms. The zero-order valence-corrected chi connectivity index (χ0v) is 16.8. The van der Waals surface area contributed by atoms with Crippen LogP contribution in [-0.2, 0) is 9.59 Å². The number of amides is 3. The van der Waals surface area contributed by atoms with Crippen LogP contribution in [0.5, 0.6) is 0 Å². The van der Waals surface area contributed by atoms with Gasteiger partial charge in [0, 0.05) is 31.0 Å². The van der Waals surface area contributed by atoms with Crippen LogP contribution in [0, 0.1) is 11.6 Å². The molecule has 1 fully saturated rings. The van der Waals surface area contributed by atoms with Gasteiger partial charge in [0.1, 0.15) is 0 Å². The minimum Gasteiger partial charge on any atom is -0.346 e. The molecule has 1 aliphatic heterocycles. The molecule has 10 heteroatoms. The van der Waals surface area contributed by atoms with Gasteiger partial charge in [-0.05, 0) is 37.1 Å². The van der Waals surface area contributed by atoms with Crippen LogP contribution in [0.2, 0.25) is 0 Å². The number of hydrogen-bond acceptors (Lipinski definition) is 5. The van der Waals surface area contributed by atoms with Crippen molar-refractivity contribution in [3.05, 3.63) is 53.7 Å². The summed E-state index contributed by atoms with van der Waals surface area (Å²) in [5.74, 6) is -3.05. The van der Waals surface area contributed by atoms with Crippen molar-refractivity contribution in [1.29, 1.82) is 0 Å². The minimum atomic E-state index is -1.08. The predicted molar refractivity (Wildman–Crippen MR) is 108 cm³/mol. The van der Waals surface area contributed by atoms with E-state index in [1.807, 2.05) is 0 Å². The first-order valence-corrected chi connectivity index (χ1v) is 10.3. The van der Waals surface area contributed by atoms with E-state index in [-0.39, 0.29) is 29.8 Å². The van der Waals surface area contributed by atoms with Gasteiger partial charge in [0.05, 0.1) is 22.9 Å². The Bertz CT molecular complexity index is 934. The molecule has 3 amide bonds. The summed E-state index contributed by atoms with van der Waals surface area (Å²) in [6.07, 6.45) is 3.53. The van der Waals surface area contributed by atoms with E-state index in [0.717, 1.165) is 38.1 Å². The topological polar surface area (TPSA) is 91.4 Å². The highest BCUT2D eigenvalue weighted by molar-refractivity contribution is 7.99. The fraction of sp³-hybridized carbons (Fsp3) is 0.300. The summed E-state index contributed by atoms with van der Waals surface area (Å²) in [5, 5.41) is 5.38. The number of carbonyl (C=O) groups excluding carboxylic acids is 3. The number of anilines is 1. The van der Waals surface area contributed by atoms with Gasteiger partial charge in [-0.15, -0.1) is 0 Å². The van der Waals surface area contributed by atoms with Crippen LogP contribution in [0.1, 0.15) is 23.2 Å². The van der Waals surface area contributed by atoms with Gasteiger partial charge in [0.15, 0.2) is 11.6 Å². The van der Waals surface area contributed by atoms with Crippen molar-refractivity contribution >= 4 is 35.2 Å². The molecular formula is C20H20F2N4O3S. The molecule has 0 atom stereocenters. The lowest BCUT2D eigenvalue weighted by atomic mass is 10.2. The van der Waals surface area contributed by atoms with Crippen LogP contribution in [-0.4, -0.2) is 53.0 Å². The average Bonchev–Trinajstić information content (AvgIpc) is 3.28. The van der Waals surface area contributed by atoms with Crippen LogP contribution in [0.3, 0.4) is 0 Å². The Balaban J connectivity index is 1.40. The summed E-state index contributed by atoms with van der Waals surface area (Å²) in [4.78, 5) is 42.0. The number of benzene rings is 1. The average molecular weight is 434 g/mol. The lowest BCUT2D eigenvalue weighted by Crippen LogP contribution is -2.33. The maximum Gasteiger partial charge on any atom is 0.255 e. The second kappa shape index (κ2) is 10.1. The number of thioether (sulfide) groups is 1. The Morgan fingerprint density at radius 3 is 2.47 bits per heavy atom. The van der Waals surface area contributed by atoms with Crippen molar-refractivity contribution in [2.75, 3.05) is 30.7 Å². The number of nitrogens with zero attached hydrogens (tertiary/aromatic N) is 2. The van der Waals surface area contributed by atoms with Gasteiger partial charge in [0.25, 0.3) is 5.91 Å². The van der Waals surface area contributed by atoms with Crippen LogP contribution in [0.15, 0.2) is 41.6 Å². The molecule has 1 saturated heterocycles. The Labute approximate surface area is 176 Å². The first-order valence-electron chi connectivity index (χ1n) is 9.32. The van der Waals surface area contributed by atoms with E-state index in [4.69, 9.17) is 0 Å². The van der Waals surface area contributed by atoms with Crippen LogP contribution in [0.25, 0.3) is 0 Å². The largest absolute Gasteiger partial charge is 0.346 e. The van der Waals surface area contributed by atoms with E-state index >= 15 is 0 Å². The summed E-state index contributed by atoms with van der Waals surface area (Å²) in [6, 6.07) is 6.34.